The fourth-order valence-corrected chi connectivity index (χ4v) is 2.43. The van der Waals surface area contributed by atoms with Crippen LogP contribution in [-0.2, 0) is 9.53 Å². The zero-order valence-electron chi connectivity index (χ0n) is 9.99. The monoisotopic (exact) mass is 222 g/mol. The summed E-state index contributed by atoms with van der Waals surface area (Å²) in [5.41, 5.74) is 0. The summed E-state index contributed by atoms with van der Waals surface area (Å²) in [5.74, 6) is 0.848. The van der Waals surface area contributed by atoms with E-state index in [-0.39, 0.29) is 0 Å². The largest absolute Gasteiger partial charge is 0.369 e. The molecule has 90 valence electrons. The smallest absolute Gasteiger partial charge is 0.135 e. The average molecular weight is 222 g/mol. The predicted octanol–water partition coefficient (Wildman–Crippen LogP) is 3.26. The molecule has 0 amide bonds. The molecule has 2 atom stereocenters. The van der Waals surface area contributed by atoms with Gasteiger partial charge in [-0.25, -0.2) is 0 Å². The third-order valence-electron chi connectivity index (χ3n) is 3.57. The number of epoxide rings is 1. The molecule has 0 spiro atoms. The fraction of sp³-hybridized carbons (Fsp3) is 0.786. The highest BCUT2D eigenvalue weighted by Crippen LogP contribution is 2.23. The van der Waals surface area contributed by atoms with Crippen molar-refractivity contribution in [1.29, 1.82) is 0 Å². The van der Waals surface area contributed by atoms with E-state index < -0.39 is 0 Å². The number of carbonyl (C=O) groups excluding carboxylic acids is 1. The molecule has 1 aliphatic carbocycles. The summed E-state index contributed by atoms with van der Waals surface area (Å²) >= 11 is 0. The molecule has 2 aliphatic rings. The van der Waals surface area contributed by atoms with Crippen molar-refractivity contribution in [1.82, 2.24) is 0 Å². The van der Waals surface area contributed by atoms with Gasteiger partial charge in [0.15, 0.2) is 0 Å². The van der Waals surface area contributed by atoms with Crippen LogP contribution >= 0.6 is 0 Å². The number of hydrogen-bond acceptors (Lipinski definition) is 2. The number of hydrogen-bond donors (Lipinski definition) is 0. The van der Waals surface area contributed by atoms with Gasteiger partial charge in [0.2, 0.25) is 0 Å². The fourth-order valence-electron chi connectivity index (χ4n) is 2.43. The van der Waals surface area contributed by atoms with Crippen molar-refractivity contribution >= 4 is 5.78 Å². The Kier molecular flexibility index (Phi) is 4.58. The number of ketones is 1. The maximum Gasteiger partial charge on any atom is 0.135 e. The Morgan fingerprint density at radius 3 is 2.88 bits per heavy atom. The average Bonchev–Trinajstić information content (AvgIpc) is 3.06. The Bertz CT molecular complexity index is 253. The molecule has 2 heteroatoms. The second-order valence-electron chi connectivity index (χ2n) is 4.99. The van der Waals surface area contributed by atoms with Gasteiger partial charge in [0, 0.05) is 12.3 Å². The van der Waals surface area contributed by atoms with Crippen LogP contribution in [0.5, 0.6) is 0 Å². The van der Waals surface area contributed by atoms with Crippen molar-refractivity contribution < 1.29 is 9.53 Å². The lowest BCUT2D eigenvalue weighted by atomic mass is 9.87. The van der Waals surface area contributed by atoms with Crippen molar-refractivity contribution in [3.05, 3.63) is 12.2 Å². The van der Waals surface area contributed by atoms with Crippen LogP contribution in [-0.4, -0.2) is 18.5 Å². The zero-order valence-corrected chi connectivity index (χ0v) is 9.99. The van der Waals surface area contributed by atoms with Gasteiger partial charge in [-0.15, -0.1) is 0 Å². The quantitative estimate of drug-likeness (QED) is 0.539. The van der Waals surface area contributed by atoms with Gasteiger partial charge in [0.05, 0.1) is 12.7 Å². The highest BCUT2D eigenvalue weighted by atomic mass is 16.6. The Balaban J connectivity index is 1.69. The molecule has 0 bridgehead atoms. The predicted molar refractivity (Wildman–Crippen MR) is 64.3 cm³/mol. The van der Waals surface area contributed by atoms with Gasteiger partial charge in [-0.05, 0) is 25.7 Å². The molecule has 1 unspecified atom stereocenters. The molecule has 0 aromatic heterocycles. The molecular formula is C14H22O2. The van der Waals surface area contributed by atoms with Crippen molar-refractivity contribution in [2.75, 3.05) is 6.61 Å². The minimum absolute atomic E-state index is 0.338. The van der Waals surface area contributed by atoms with Crippen LogP contribution in [0.1, 0.15) is 51.4 Å². The standard InChI is InChI=1S/C14H22O2/c15-14-10-4-2-1-3-7-12(14)8-5-6-9-13-11-16-13/h6,9,12-13H,1-5,7-8,10-11H2/b9-6-/t12?,13-/m0/s1. The first-order valence-corrected chi connectivity index (χ1v) is 6.67. The molecule has 1 aliphatic heterocycles. The van der Waals surface area contributed by atoms with Crippen molar-refractivity contribution in [2.45, 2.75) is 57.5 Å². The molecule has 0 aromatic rings. The van der Waals surface area contributed by atoms with Crippen molar-refractivity contribution in [3.8, 4) is 0 Å². The molecule has 1 heterocycles. The third kappa shape index (κ3) is 4.09. The molecule has 1 saturated carbocycles. The normalized spacial score (nSPS) is 31.4. The molecule has 0 radical (unpaired) electrons. The van der Waals surface area contributed by atoms with Crippen LogP contribution in [0.3, 0.4) is 0 Å². The van der Waals surface area contributed by atoms with Crippen LogP contribution in [0, 0.1) is 5.92 Å². The van der Waals surface area contributed by atoms with E-state index >= 15 is 0 Å². The van der Waals surface area contributed by atoms with E-state index in [0.717, 1.165) is 38.7 Å². The number of Topliss-reactive ketones (excluding diaryl/α,β-unsaturated/α-hetero) is 1. The maximum absolute atomic E-state index is 11.9. The topological polar surface area (TPSA) is 29.6 Å². The van der Waals surface area contributed by atoms with Crippen LogP contribution < -0.4 is 0 Å². The summed E-state index contributed by atoms with van der Waals surface area (Å²) in [5, 5.41) is 0. The summed E-state index contributed by atoms with van der Waals surface area (Å²) in [7, 11) is 0. The first-order chi connectivity index (χ1) is 7.86. The van der Waals surface area contributed by atoms with Crippen LogP contribution in [0.15, 0.2) is 12.2 Å². The van der Waals surface area contributed by atoms with Crippen molar-refractivity contribution in [3.63, 3.8) is 0 Å². The molecule has 0 aromatic carbocycles. The minimum Gasteiger partial charge on any atom is -0.369 e. The summed E-state index contributed by atoms with van der Waals surface area (Å²) in [6, 6.07) is 0. The molecule has 1 saturated heterocycles. The number of allylic oxidation sites excluding steroid dienone is 1. The molecule has 2 fully saturated rings. The van der Waals surface area contributed by atoms with Crippen LogP contribution in [0.2, 0.25) is 0 Å². The summed E-state index contributed by atoms with van der Waals surface area (Å²) < 4.78 is 5.10. The Hall–Kier alpha value is -0.630. The van der Waals surface area contributed by atoms with Gasteiger partial charge >= 0.3 is 0 Å². The number of rotatable bonds is 4. The van der Waals surface area contributed by atoms with Gasteiger partial charge in [0.25, 0.3) is 0 Å². The molecule has 0 N–H and O–H groups in total. The lowest BCUT2D eigenvalue weighted by Crippen LogP contribution is -2.16. The van der Waals surface area contributed by atoms with Crippen LogP contribution in [0.4, 0.5) is 0 Å². The zero-order chi connectivity index (χ0) is 11.2. The van der Waals surface area contributed by atoms with Gasteiger partial charge < -0.3 is 4.74 Å². The second-order valence-corrected chi connectivity index (χ2v) is 4.99. The van der Waals surface area contributed by atoms with E-state index in [0.29, 0.717) is 17.8 Å². The minimum atomic E-state index is 0.338. The lowest BCUT2D eigenvalue weighted by Gasteiger charge is -2.17. The Morgan fingerprint density at radius 1 is 1.25 bits per heavy atom. The van der Waals surface area contributed by atoms with Gasteiger partial charge in [-0.1, -0.05) is 31.4 Å². The Labute approximate surface area is 98.1 Å². The number of carbonyl (C=O) groups is 1. The first kappa shape index (κ1) is 11.8. The summed E-state index contributed by atoms with van der Waals surface area (Å²) in [6.07, 6.45) is 13.6. The van der Waals surface area contributed by atoms with E-state index in [1.54, 1.807) is 0 Å². The molecule has 16 heavy (non-hydrogen) atoms. The SMILES string of the molecule is O=C1CCCCCCC1CC/C=C\[C@H]1CO1. The van der Waals surface area contributed by atoms with Gasteiger partial charge in [0.1, 0.15) is 5.78 Å². The number of ether oxygens (including phenoxy) is 1. The summed E-state index contributed by atoms with van der Waals surface area (Å²) in [4.78, 5) is 11.9. The highest BCUT2D eigenvalue weighted by Gasteiger charge is 2.20. The second kappa shape index (κ2) is 6.19. The Morgan fingerprint density at radius 2 is 2.06 bits per heavy atom. The van der Waals surface area contributed by atoms with Gasteiger partial charge in [-0.3, -0.25) is 4.79 Å². The van der Waals surface area contributed by atoms with E-state index in [9.17, 15) is 4.79 Å². The van der Waals surface area contributed by atoms with E-state index in [1.807, 2.05) is 0 Å². The lowest BCUT2D eigenvalue weighted by molar-refractivity contribution is -0.123. The third-order valence-corrected chi connectivity index (χ3v) is 3.57. The van der Waals surface area contributed by atoms with E-state index in [1.165, 1.54) is 19.3 Å². The molecule has 2 nitrogen and oxygen atoms in total. The van der Waals surface area contributed by atoms with Gasteiger partial charge in [-0.2, -0.15) is 0 Å². The van der Waals surface area contributed by atoms with Crippen molar-refractivity contribution in [2.24, 2.45) is 5.92 Å². The van der Waals surface area contributed by atoms with E-state index in [2.05, 4.69) is 12.2 Å². The van der Waals surface area contributed by atoms with Crippen LogP contribution in [0.25, 0.3) is 0 Å². The highest BCUT2D eigenvalue weighted by molar-refractivity contribution is 5.80. The first-order valence-electron chi connectivity index (χ1n) is 6.67. The molecule has 2 rings (SSSR count). The maximum atomic E-state index is 11.9. The summed E-state index contributed by atoms with van der Waals surface area (Å²) in [6.45, 7) is 0.888. The molecular weight excluding hydrogens is 200 g/mol. The van der Waals surface area contributed by atoms with E-state index in [4.69, 9.17) is 4.74 Å².